The molecule has 100 valence electrons. The molecule has 1 saturated heterocycles. The van der Waals surface area contributed by atoms with Gasteiger partial charge >= 0.3 is 0 Å². The van der Waals surface area contributed by atoms with E-state index in [1.54, 1.807) is 11.8 Å². The molecule has 1 amide bonds. The molecular weight excluding hydrogens is 258 g/mol. The lowest BCUT2D eigenvalue weighted by Gasteiger charge is -2.32. The maximum Gasteiger partial charge on any atom is 0.277 e. The van der Waals surface area contributed by atoms with E-state index in [-0.39, 0.29) is 19.0 Å². The summed E-state index contributed by atoms with van der Waals surface area (Å²) in [6.07, 6.45) is 1.48. The second kappa shape index (κ2) is 4.67. The molecule has 0 unspecified atom stereocenters. The number of aromatic nitrogens is 2. The SMILES string of the molecule is Cc1[nH]ncc1C(=O)N1CCN(S(N)(=O)=O)CC1. The van der Waals surface area contributed by atoms with Crippen LogP contribution in [0, 0.1) is 6.92 Å². The molecule has 1 aromatic heterocycles. The summed E-state index contributed by atoms with van der Waals surface area (Å²) in [6, 6.07) is 0. The minimum absolute atomic E-state index is 0.143. The van der Waals surface area contributed by atoms with Crippen LogP contribution >= 0.6 is 0 Å². The van der Waals surface area contributed by atoms with Crippen LogP contribution in [-0.2, 0) is 10.2 Å². The highest BCUT2D eigenvalue weighted by molar-refractivity contribution is 7.86. The molecule has 0 radical (unpaired) electrons. The van der Waals surface area contributed by atoms with Crippen LogP contribution in [0.15, 0.2) is 6.20 Å². The third-order valence-corrected chi connectivity index (χ3v) is 4.03. The van der Waals surface area contributed by atoms with E-state index in [1.165, 1.54) is 10.5 Å². The number of amides is 1. The van der Waals surface area contributed by atoms with Gasteiger partial charge < -0.3 is 4.90 Å². The highest BCUT2D eigenvalue weighted by atomic mass is 32.2. The van der Waals surface area contributed by atoms with Gasteiger partial charge in [0.15, 0.2) is 0 Å². The zero-order valence-corrected chi connectivity index (χ0v) is 10.8. The summed E-state index contributed by atoms with van der Waals surface area (Å²) >= 11 is 0. The quantitative estimate of drug-likeness (QED) is 0.695. The lowest BCUT2D eigenvalue weighted by atomic mass is 10.2. The number of aryl methyl sites for hydroxylation is 1. The summed E-state index contributed by atoms with van der Waals surface area (Å²) in [5.41, 5.74) is 1.22. The molecule has 0 atom stereocenters. The normalized spacial score (nSPS) is 18.0. The van der Waals surface area contributed by atoms with Crippen molar-refractivity contribution in [2.24, 2.45) is 5.14 Å². The average molecular weight is 273 g/mol. The number of nitrogens with zero attached hydrogens (tertiary/aromatic N) is 3. The molecule has 0 bridgehead atoms. The van der Waals surface area contributed by atoms with Crippen molar-refractivity contribution in [1.82, 2.24) is 19.4 Å². The fourth-order valence-electron chi connectivity index (χ4n) is 1.88. The van der Waals surface area contributed by atoms with Crippen molar-refractivity contribution in [1.29, 1.82) is 0 Å². The van der Waals surface area contributed by atoms with Gasteiger partial charge in [-0.1, -0.05) is 0 Å². The molecule has 1 aliphatic rings. The first-order valence-electron chi connectivity index (χ1n) is 5.46. The number of rotatable bonds is 2. The average Bonchev–Trinajstić information content (AvgIpc) is 2.73. The number of aromatic amines is 1. The molecule has 0 aromatic carbocycles. The highest BCUT2D eigenvalue weighted by Crippen LogP contribution is 2.11. The second-order valence-corrected chi connectivity index (χ2v) is 5.69. The van der Waals surface area contributed by atoms with E-state index in [2.05, 4.69) is 10.2 Å². The molecule has 9 heteroatoms. The zero-order valence-electron chi connectivity index (χ0n) is 9.96. The van der Waals surface area contributed by atoms with Crippen LogP contribution < -0.4 is 5.14 Å². The van der Waals surface area contributed by atoms with Crippen LogP contribution in [0.5, 0.6) is 0 Å². The number of hydrogen-bond acceptors (Lipinski definition) is 4. The Morgan fingerprint density at radius 1 is 1.39 bits per heavy atom. The van der Waals surface area contributed by atoms with E-state index >= 15 is 0 Å². The molecule has 8 nitrogen and oxygen atoms in total. The Morgan fingerprint density at radius 3 is 2.44 bits per heavy atom. The van der Waals surface area contributed by atoms with Crippen molar-refractivity contribution in [3.63, 3.8) is 0 Å². The Hall–Kier alpha value is -1.45. The summed E-state index contributed by atoms with van der Waals surface area (Å²) in [5, 5.41) is 11.5. The lowest BCUT2D eigenvalue weighted by Crippen LogP contribution is -2.52. The minimum Gasteiger partial charge on any atom is -0.336 e. The van der Waals surface area contributed by atoms with E-state index in [9.17, 15) is 13.2 Å². The van der Waals surface area contributed by atoms with Gasteiger partial charge in [-0.05, 0) is 6.92 Å². The smallest absolute Gasteiger partial charge is 0.277 e. The third kappa shape index (κ3) is 2.52. The molecule has 2 rings (SSSR count). The molecule has 1 fully saturated rings. The number of carbonyl (C=O) groups excluding carboxylic acids is 1. The van der Waals surface area contributed by atoms with Crippen molar-refractivity contribution in [3.8, 4) is 0 Å². The fraction of sp³-hybridized carbons (Fsp3) is 0.556. The minimum atomic E-state index is -3.66. The van der Waals surface area contributed by atoms with Crippen molar-refractivity contribution < 1.29 is 13.2 Å². The zero-order chi connectivity index (χ0) is 13.3. The third-order valence-electron chi connectivity index (χ3n) is 2.95. The van der Waals surface area contributed by atoms with Gasteiger partial charge in [-0.2, -0.15) is 17.8 Å². The highest BCUT2D eigenvalue weighted by Gasteiger charge is 2.27. The Labute approximate surface area is 105 Å². The topological polar surface area (TPSA) is 112 Å². The van der Waals surface area contributed by atoms with Gasteiger partial charge in [0, 0.05) is 31.9 Å². The molecule has 0 aliphatic carbocycles. The van der Waals surface area contributed by atoms with Crippen molar-refractivity contribution >= 4 is 16.1 Å². The van der Waals surface area contributed by atoms with E-state index in [4.69, 9.17) is 5.14 Å². The number of nitrogens with one attached hydrogen (secondary N) is 1. The van der Waals surface area contributed by atoms with Crippen LogP contribution in [0.25, 0.3) is 0 Å². The van der Waals surface area contributed by atoms with Crippen LogP contribution in [0.3, 0.4) is 0 Å². The maximum atomic E-state index is 12.1. The van der Waals surface area contributed by atoms with Crippen molar-refractivity contribution in [2.45, 2.75) is 6.92 Å². The fourth-order valence-corrected chi connectivity index (χ4v) is 2.55. The molecule has 18 heavy (non-hydrogen) atoms. The molecule has 3 N–H and O–H groups in total. The van der Waals surface area contributed by atoms with Gasteiger partial charge in [0.05, 0.1) is 11.8 Å². The second-order valence-electron chi connectivity index (χ2n) is 4.14. The number of carbonyl (C=O) groups is 1. The van der Waals surface area contributed by atoms with E-state index in [0.717, 1.165) is 0 Å². The van der Waals surface area contributed by atoms with Gasteiger partial charge in [-0.3, -0.25) is 9.89 Å². The number of hydrogen-bond donors (Lipinski definition) is 2. The van der Waals surface area contributed by atoms with Gasteiger partial charge in [-0.15, -0.1) is 0 Å². The number of nitrogens with two attached hydrogens (primary N) is 1. The van der Waals surface area contributed by atoms with E-state index in [0.29, 0.717) is 24.3 Å². The summed E-state index contributed by atoms with van der Waals surface area (Å²) < 4.78 is 23.4. The van der Waals surface area contributed by atoms with Gasteiger partial charge in [0.25, 0.3) is 16.1 Å². The van der Waals surface area contributed by atoms with Crippen molar-refractivity contribution in [2.75, 3.05) is 26.2 Å². The molecular formula is C9H15N5O3S. The van der Waals surface area contributed by atoms with E-state index < -0.39 is 10.2 Å². The predicted octanol–water partition coefficient (Wildman–Crippen LogP) is -1.32. The summed E-state index contributed by atoms with van der Waals surface area (Å²) in [5.74, 6) is -0.143. The van der Waals surface area contributed by atoms with Crippen LogP contribution in [0.1, 0.15) is 16.1 Å². The van der Waals surface area contributed by atoms with Gasteiger partial charge in [0.2, 0.25) is 0 Å². The standard InChI is InChI=1S/C9H15N5O3S/c1-7-8(6-11-12-7)9(15)13-2-4-14(5-3-13)18(10,16)17/h6H,2-5H2,1H3,(H,11,12)(H2,10,16,17). The van der Waals surface area contributed by atoms with Gasteiger partial charge in [-0.25, -0.2) is 5.14 Å². The van der Waals surface area contributed by atoms with Crippen LogP contribution in [0.2, 0.25) is 0 Å². The number of H-pyrrole nitrogens is 1. The number of piperazine rings is 1. The molecule has 0 saturated carbocycles. The first-order valence-corrected chi connectivity index (χ1v) is 6.97. The van der Waals surface area contributed by atoms with Gasteiger partial charge in [0.1, 0.15) is 0 Å². The first-order chi connectivity index (χ1) is 8.39. The monoisotopic (exact) mass is 273 g/mol. The first kappa shape index (κ1) is 13.0. The Kier molecular flexibility index (Phi) is 3.37. The Balaban J connectivity index is 2.03. The maximum absolute atomic E-state index is 12.1. The summed E-state index contributed by atoms with van der Waals surface area (Å²) in [4.78, 5) is 13.7. The molecule has 1 aliphatic heterocycles. The van der Waals surface area contributed by atoms with E-state index in [1.807, 2.05) is 0 Å². The largest absolute Gasteiger partial charge is 0.336 e. The molecule has 1 aromatic rings. The van der Waals surface area contributed by atoms with Crippen molar-refractivity contribution in [3.05, 3.63) is 17.5 Å². The molecule has 2 heterocycles. The summed E-state index contributed by atoms with van der Waals surface area (Å²) in [7, 11) is -3.66. The lowest BCUT2D eigenvalue weighted by molar-refractivity contribution is 0.0697. The summed E-state index contributed by atoms with van der Waals surface area (Å²) in [6.45, 7) is 2.88. The van der Waals surface area contributed by atoms with Crippen LogP contribution in [0.4, 0.5) is 0 Å². The van der Waals surface area contributed by atoms with Crippen LogP contribution in [-0.4, -0.2) is 59.9 Å². The molecule has 0 spiro atoms. The Morgan fingerprint density at radius 2 is 2.00 bits per heavy atom. The Bertz CT molecular complexity index is 544. The predicted molar refractivity (Wildman–Crippen MR) is 63.9 cm³/mol.